The van der Waals surface area contributed by atoms with Crippen LogP contribution < -0.4 is 21.1 Å². The third-order valence-corrected chi connectivity index (χ3v) is 5.54. The van der Waals surface area contributed by atoms with E-state index in [2.05, 4.69) is 29.7 Å². The first-order valence-corrected chi connectivity index (χ1v) is 11.2. The molecule has 2 amide bonds. The highest BCUT2D eigenvalue weighted by Crippen LogP contribution is 2.27. The summed E-state index contributed by atoms with van der Waals surface area (Å²) in [5, 5.41) is 0.507. The lowest BCUT2D eigenvalue weighted by molar-refractivity contribution is -0.123. The summed E-state index contributed by atoms with van der Waals surface area (Å²) in [6, 6.07) is 19.4. The van der Waals surface area contributed by atoms with Crippen LogP contribution in [0.3, 0.4) is 0 Å². The third-order valence-electron chi connectivity index (χ3n) is 5.54. The molecule has 0 fully saturated rings. The second-order valence-corrected chi connectivity index (χ2v) is 8.47. The fraction of sp³-hybridized carbons (Fsp3) is 0.185. The lowest BCUT2D eigenvalue weighted by Gasteiger charge is -2.15. The lowest BCUT2D eigenvalue weighted by Crippen LogP contribution is -2.43. The SMILES string of the molecule is Cc1ccc(C(C)C)c(OCC(=O)NNC(=O)c2ccc(-n3cnc4ccccc4c3=O)cc2)c1. The minimum atomic E-state index is -0.493. The maximum absolute atomic E-state index is 12.8. The van der Waals surface area contributed by atoms with Gasteiger partial charge in [-0.25, -0.2) is 4.98 Å². The average molecular weight is 471 g/mol. The van der Waals surface area contributed by atoms with Crippen LogP contribution >= 0.6 is 0 Å². The van der Waals surface area contributed by atoms with Gasteiger partial charge in [0, 0.05) is 5.56 Å². The fourth-order valence-electron chi connectivity index (χ4n) is 3.65. The number of rotatable bonds is 6. The maximum Gasteiger partial charge on any atom is 0.276 e. The summed E-state index contributed by atoms with van der Waals surface area (Å²) in [6.45, 7) is 5.82. The van der Waals surface area contributed by atoms with E-state index in [1.165, 1.54) is 10.9 Å². The zero-order valence-corrected chi connectivity index (χ0v) is 19.7. The predicted molar refractivity (Wildman–Crippen MR) is 134 cm³/mol. The molecule has 1 aromatic heterocycles. The first-order chi connectivity index (χ1) is 16.8. The first kappa shape index (κ1) is 23.7. The number of hydrazine groups is 1. The Morgan fingerprint density at radius 2 is 1.74 bits per heavy atom. The lowest BCUT2D eigenvalue weighted by atomic mass is 10.0. The number of amides is 2. The molecule has 4 rings (SSSR count). The zero-order valence-electron chi connectivity index (χ0n) is 19.7. The monoisotopic (exact) mass is 470 g/mol. The molecule has 0 aliphatic carbocycles. The second-order valence-electron chi connectivity index (χ2n) is 8.47. The van der Waals surface area contributed by atoms with Crippen molar-refractivity contribution in [1.29, 1.82) is 0 Å². The summed E-state index contributed by atoms with van der Waals surface area (Å²) >= 11 is 0. The Morgan fingerprint density at radius 3 is 2.49 bits per heavy atom. The Kier molecular flexibility index (Phi) is 6.91. The molecule has 0 aliphatic rings. The van der Waals surface area contributed by atoms with E-state index in [0.29, 0.717) is 27.9 Å². The topological polar surface area (TPSA) is 102 Å². The van der Waals surface area contributed by atoms with Gasteiger partial charge in [-0.05, 0) is 66.4 Å². The fourth-order valence-corrected chi connectivity index (χ4v) is 3.65. The number of carbonyl (C=O) groups is 2. The molecule has 0 atom stereocenters. The molecule has 178 valence electrons. The molecule has 0 radical (unpaired) electrons. The Morgan fingerprint density at radius 1 is 1.00 bits per heavy atom. The number of fused-ring (bicyclic) bond motifs is 1. The van der Waals surface area contributed by atoms with Gasteiger partial charge in [-0.15, -0.1) is 0 Å². The van der Waals surface area contributed by atoms with Crippen molar-refractivity contribution < 1.29 is 14.3 Å². The van der Waals surface area contributed by atoms with Crippen LogP contribution in [0.4, 0.5) is 0 Å². The number of aromatic nitrogens is 2. The van der Waals surface area contributed by atoms with Crippen molar-refractivity contribution in [2.45, 2.75) is 26.7 Å². The second kappa shape index (κ2) is 10.2. The normalized spacial score (nSPS) is 10.9. The van der Waals surface area contributed by atoms with Crippen LogP contribution in [0, 0.1) is 6.92 Å². The molecule has 2 N–H and O–H groups in total. The molecular weight excluding hydrogens is 444 g/mol. The number of benzene rings is 3. The number of para-hydroxylation sites is 1. The van der Waals surface area contributed by atoms with Crippen molar-refractivity contribution in [3.05, 3.63) is 100 Å². The number of nitrogens with one attached hydrogen (secondary N) is 2. The molecule has 35 heavy (non-hydrogen) atoms. The van der Waals surface area contributed by atoms with E-state index >= 15 is 0 Å². The minimum absolute atomic E-state index is 0.200. The van der Waals surface area contributed by atoms with E-state index in [9.17, 15) is 14.4 Å². The van der Waals surface area contributed by atoms with E-state index in [1.807, 2.05) is 31.2 Å². The van der Waals surface area contributed by atoms with Crippen molar-refractivity contribution >= 4 is 22.7 Å². The summed E-state index contributed by atoms with van der Waals surface area (Å²) in [7, 11) is 0. The average Bonchev–Trinajstić information content (AvgIpc) is 2.86. The van der Waals surface area contributed by atoms with Crippen LogP contribution in [0.2, 0.25) is 0 Å². The summed E-state index contributed by atoms with van der Waals surface area (Å²) < 4.78 is 7.10. The van der Waals surface area contributed by atoms with Crippen molar-refractivity contribution in [3.63, 3.8) is 0 Å². The van der Waals surface area contributed by atoms with Crippen LogP contribution in [0.15, 0.2) is 77.9 Å². The highest BCUT2D eigenvalue weighted by Gasteiger charge is 2.12. The van der Waals surface area contributed by atoms with E-state index in [1.54, 1.807) is 42.5 Å². The van der Waals surface area contributed by atoms with Crippen LogP contribution in [0.1, 0.15) is 41.3 Å². The van der Waals surface area contributed by atoms with Gasteiger partial charge in [0.05, 0.1) is 16.6 Å². The summed E-state index contributed by atoms with van der Waals surface area (Å²) in [5.41, 5.74) is 8.08. The number of hydrogen-bond donors (Lipinski definition) is 2. The van der Waals surface area contributed by atoms with Crippen molar-refractivity contribution in [3.8, 4) is 11.4 Å². The number of hydrogen-bond acceptors (Lipinski definition) is 5. The molecular formula is C27H26N4O4. The quantitative estimate of drug-likeness (QED) is 0.419. The molecule has 4 aromatic rings. The van der Waals surface area contributed by atoms with E-state index in [-0.39, 0.29) is 18.1 Å². The van der Waals surface area contributed by atoms with E-state index < -0.39 is 11.8 Å². The van der Waals surface area contributed by atoms with E-state index in [0.717, 1.165) is 11.1 Å². The van der Waals surface area contributed by atoms with Crippen molar-refractivity contribution in [2.75, 3.05) is 6.61 Å². The van der Waals surface area contributed by atoms with Crippen LogP contribution in [0.25, 0.3) is 16.6 Å². The number of carbonyl (C=O) groups excluding carboxylic acids is 2. The maximum atomic E-state index is 12.8. The van der Waals surface area contributed by atoms with Gasteiger partial charge in [-0.3, -0.25) is 29.8 Å². The standard InChI is InChI=1S/C27H26N4O4/c1-17(2)21-13-8-18(3)14-24(21)35-15-25(32)29-30-26(33)19-9-11-20(12-10-19)31-16-28-23-7-5-4-6-22(23)27(31)34/h4-14,16-17H,15H2,1-3H3,(H,29,32)(H,30,33). The Hall–Kier alpha value is -4.46. The van der Waals surface area contributed by atoms with Gasteiger partial charge in [-0.2, -0.15) is 0 Å². The number of ether oxygens (including phenoxy) is 1. The van der Waals surface area contributed by atoms with E-state index in [4.69, 9.17) is 4.74 Å². The van der Waals surface area contributed by atoms with Crippen molar-refractivity contribution in [1.82, 2.24) is 20.4 Å². The molecule has 0 spiro atoms. The molecule has 0 unspecified atom stereocenters. The van der Waals surface area contributed by atoms with Gasteiger partial charge in [0.2, 0.25) is 0 Å². The minimum Gasteiger partial charge on any atom is -0.483 e. The Bertz CT molecular complexity index is 1440. The van der Waals surface area contributed by atoms with Gasteiger partial charge in [-0.1, -0.05) is 38.1 Å². The van der Waals surface area contributed by atoms with Gasteiger partial charge >= 0.3 is 0 Å². The van der Waals surface area contributed by atoms with Crippen molar-refractivity contribution in [2.24, 2.45) is 0 Å². The Balaban J connectivity index is 1.36. The number of aryl methyl sites for hydroxylation is 1. The molecule has 0 saturated carbocycles. The molecule has 3 aromatic carbocycles. The van der Waals surface area contributed by atoms with Crippen LogP contribution in [-0.2, 0) is 4.79 Å². The van der Waals surface area contributed by atoms with Gasteiger partial charge in [0.15, 0.2) is 6.61 Å². The van der Waals surface area contributed by atoms with Crippen LogP contribution in [0.5, 0.6) is 5.75 Å². The van der Waals surface area contributed by atoms with Gasteiger partial charge < -0.3 is 4.74 Å². The summed E-state index contributed by atoms with van der Waals surface area (Å²) in [6.07, 6.45) is 1.46. The van der Waals surface area contributed by atoms with Crippen LogP contribution in [-0.4, -0.2) is 28.0 Å². The highest BCUT2D eigenvalue weighted by atomic mass is 16.5. The molecule has 0 aliphatic heterocycles. The zero-order chi connectivity index (χ0) is 24.9. The molecule has 1 heterocycles. The third kappa shape index (κ3) is 5.38. The predicted octanol–water partition coefficient (Wildman–Crippen LogP) is 3.66. The largest absolute Gasteiger partial charge is 0.483 e. The summed E-state index contributed by atoms with van der Waals surface area (Å²) in [5.74, 6) is -0.0830. The molecule has 0 bridgehead atoms. The summed E-state index contributed by atoms with van der Waals surface area (Å²) in [4.78, 5) is 41.7. The highest BCUT2D eigenvalue weighted by molar-refractivity contribution is 5.95. The van der Waals surface area contributed by atoms with Gasteiger partial charge in [0.25, 0.3) is 17.4 Å². The molecule has 8 nitrogen and oxygen atoms in total. The first-order valence-electron chi connectivity index (χ1n) is 11.2. The molecule has 8 heteroatoms. The van der Waals surface area contributed by atoms with Gasteiger partial charge in [0.1, 0.15) is 12.1 Å². The smallest absolute Gasteiger partial charge is 0.276 e. The molecule has 0 saturated heterocycles. The Labute approximate surface area is 202 Å². The number of nitrogens with zero attached hydrogens (tertiary/aromatic N) is 2.